The summed E-state index contributed by atoms with van der Waals surface area (Å²) >= 11 is 0. The van der Waals surface area contributed by atoms with Gasteiger partial charge in [-0.15, -0.1) is 0 Å². The van der Waals surface area contributed by atoms with Crippen LogP contribution in [0.25, 0.3) is 0 Å². The molecule has 2 amide bonds. The van der Waals surface area contributed by atoms with Crippen LogP contribution in [0.15, 0.2) is 24.3 Å². The zero-order valence-corrected chi connectivity index (χ0v) is 16.8. The van der Waals surface area contributed by atoms with Crippen molar-refractivity contribution in [1.29, 1.82) is 0 Å². The Morgan fingerprint density at radius 2 is 1.93 bits per heavy atom. The van der Waals surface area contributed by atoms with Gasteiger partial charge in [-0.1, -0.05) is 24.3 Å². The Morgan fingerprint density at radius 1 is 1.18 bits per heavy atom. The molecule has 2 atom stereocenters. The molecule has 2 unspecified atom stereocenters. The van der Waals surface area contributed by atoms with E-state index in [1.807, 2.05) is 17.0 Å². The fraction of sp³-hybridized carbons (Fsp3) is 0.591. The third kappa shape index (κ3) is 4.05. The second-order valence-corrected chi connectivity index (χ2v) is 8.26. The summed E-state index contributed by atoms with van der Waals surface area (Å²) in [7, 11) is 0. The summed E-state index contributed by atoms with van der Waals surface area (Å²) in [5, 5.41) is 9.11. The second-order valence-electron chi connectivity index (χ2n) is 8.26. The maximum Gasteiger partial charge on any atom is 0.323 e. The smallest absolute Gasteiger partial charge is 0.323 e. The summed E-state index contributed by atoms with van der Waals surface area (Å²) in [5.74, 6) is -1.06. The summed E-state index contributed by atoms with van der Waals surface area (Å²) in [5.41, 5.74) is 1.90. The summed E-state index contributed by atoms with van der Waals surface area (Å²) in [6.07, 6.45) is 5.00. The van der Waals surface area contributed by atoms with Crippen LogP contribution in [-0.2, 0) is 26.2 Å². The number of aliphatic carboxylic acids is 1. The number of hydrogen-bond acceptors (Lipinski definition) is 3. The zero-order valence-electron chi connectivity index (χ0n) is 16.8. The molecule has 6 heteroatoms. The van der Waals surface area contributed by atoms with Crippen molar-refractivity contribution in [2.24, 2.45) is 0 Å². The van der Waals surface area contributed by atoms with E-state index < -0.39 is 11.4 Å². The predicted molar refractivity (Wildman–Crippen MR) is 106 cm³/mol. The van der Waals surface area contributed by atoms with Gasteiger partial charge in [0, 0.05) is 26.1 Å². The number of aryl methyl sites for hydroxylation is 1. The van der Waals surface area contributed by atoms with Gasteiger partial charge in [-0.3, -0.25) is 14.4 Å². The molecule has 0 spiro atoms. The molecule has 2 aliphatic rings. The predicted octanol–water partition coefficient (Wildman–Crippen LogP) is 2.59. The highest BCUT2D eigenvalue weighted by atomic mass is 16.4. The molecule has 1 aliphatic carbocycles. The van der Waals surface area contributed by atoms with Crippen molar-refractivity contribution in [3.63, 3.8) is 0 Å². The molecule has 28 heavy (non-hydrogen) atoms. The molecule has 1 aromatic rings. The molecular formula is C22H30N2O4. The fourth-order valence-electron chi connectivity index (χ4n) is 4.85. The number of carboxylic acids is 1. The van der Waals surface area contributed by atoms with Crippen LogP contribution in [-0.4, -0.2) is 58.4 Å². The van der Waals surface area contributed by atoms with Gasteiger partial charge in [-0.05, 0) is 56.6 Å². The number of fused-ring (bicyclic) bond motifs is 1. The van der Waals surface area contributed by atoms with Crippen molar-refractivity contribution in [1.82, 2.24) is 9.80 Å². The number of benzene rings is 1. The van der Waals surface area contributed by atoms with E-state index in [1.54, 1.807) is 0 Å². The highest BCUT2D eigenvalue weighted by Gasteiger charge is 2.41. The number of nitrogens with zero attached hydrogens (tertiary/aromatic N) is 2. The van der Waals surface area contributed by atoms with Gasteiger partial charge in [-0.2, -0.15) is 0 Å². The topological polar surface area (TPSA) is 77.9 Å². The Balaban J connectivity index is 1.75. The first-order valence-corrected chi connectivity index (χ1v) is 10.2. The van der Waals surface area contributed by atoms with Crippen LogP contribution in [0.1, 0.15) is 57.1 Å². The molecule has 1 N–H and O–H groups in total. The molecule has 152 valence electrons. The van der Waals surface area contributed by atoms with Gasteiger partial charge in [-0.25, -0.2) is 0 Å². The summed E-state index contributed by atoms with van der Waals surface area (Å²) < 4.78 is 0. The van der Waals surface area contributed by atoms with Crippen LogP contribution in [0.2, 0.25) is 0 Å². The minimum atomic E-state index is -1.00. The normalized spacial score (nSPS) is 24.8. The summed E-state index contributed by atoms with van der Waals surface area (Å²) in [6, 6.07) is 8.11. The maximum absolute atomic E-state index is 13.5. The van der Waals surface area contributed by atoms with E-state index >= 15 is 0 Å². The van der Waals surface area contributed by atoms with Gasteiger partial charge in [0.15, 0.2) is 0 Å². The summed E-state index contributed by atoms with van der Waals surface area (Å²) in [6.45, 7) is 4.41. The average molecular weight is 386 g/mol. The maximum atomic E-state index is 13.5. The minimum absolute atomic E-state index is 0.127. The van der Waals surface area contributed by atoms with Crippen molar-refractivity contribution >= 4 is 17.8 Å². The van der Waals surface area contributed by atoms with Crippen LogP contribution < -0.4 is 0 Å². The Labute approximate surface area is 166 Å². The van der Waals surface area contributed by atoms with Crippen molar-refractivity contribution in [3.05, 3.63) is 35.4 Å². The first-order chi connectivity index (χ1) is 13.3. The van der Waals surface area contributed by atoms with Gasteiger partial charge < -0.3 is 14.9 Å². The van der Waals surface area contributed by atoms with E-state index in [0.717, 1.165) is 37.7 Å². The van der Waals surface area contributed by atoms with Crippen LogP contribution in [0.5, 0.6) is 0 Å². The first-order valence-electron chi connectivity index (χ1n) is 10.2. The van der Waals surface area contributed by atoms with Crippen molar-refractivity contribution in [2.45, 2.75) is 63.8 Å². The Kier molecular flexibility index (Phi) is 6.06. The standard InChI is InChI=1S/C22H30N2O4/c1-16(25)24(15-20(26)27)18-9-6-13-23(14-11-18)21(28)22(2)12-5-8-17-7-3-4-10-19(17)22/h3-4,7,10,18H,5-6,8-9,11-15H2,1-2H3,(H,26,27). The lowest BCUT2D eigenvalue weighted by Crippen LogP contribution is -2.48. The number of carbonyl (C=O) groups excluding carboxylic acids is 2. The number of amides is 2. The van der Waals surface area contributed by atoms with Crippen LogP contribution in [0, 0.1) is 0 Å². The van der Waals surface area contributed by atoms with Crippen molar-refractivity contribution in [2.75, 3.05) is 19.6 Å². The molecule has 3 rings (SSSR count). The molecule has 0 saturated carbocycles. The number of rotatable bonds is 4. The van der Waals surface area contributed by atoms with Crippen LogP contribution >= 0.6 is 0 Å². The van der Waals surface area contributed by atoms with Gasteiger partial charge in [0.2, 0.25) is 11.8 Å². The molecule has 0 aromatic heterocycles. The van der Waals surface area contributed by atoms with Gasteiger partial charge in [0.05, 0.1) is 5.41 Å². The average Bonchev–Trinajstić information content (AvgIpc) is 2.91. The van der Waals surface area contributed by atoms with E-state index in [1.165, 1.54) is 17.4 Å². The second kappa shape index (κ2) is 8.33. The van der Waals surface area contributed by atoms with Gasteiger partial charge in [0.1, 0.15) is 6.54 Å². The number of carbonyl (C=O) groups is 3. The van der Waals surface area contributed by atoms with E-state index in [4.69, 9.17) is 5.11 Å². The molecule has 1 fully saturated rings. The van der Waals surface area contributed by atoms with Gasteiger partial charge in [0.25, 0.3) is 0 Å². The van der Waals surface area contributed by atoms with Gasteiger partial charge >= 0.3 is 5.97 Å². The lowest BCUT2D eigenvalue weighted by molar-refractivity contribution is -0.145. The monoisotopic (exact) mass is 386 g/mol. The van der Waals surface area contributed by atoms with E-state index in [2.05, 4.69) is 19.1 Å². The summed E-state index contributed by atoms with van der Waals surface area (Å²) in [4.78, 5) is 39.9. The molecule has 6 nitrogen and oxygen atoms in total. The molecule has 1 heterocycles. The quantitative estimate of drug-likeness (QED) is 0.863. The molecule has 1 aliphatic heterocycles. The number of hydrogen-bond donors (Lipinski definition) is 1. The molecule has 0 bridgehead atoms. The minimum Gasteiger partial charge on any atom is -0.480 e. The first kappa shape index (κ1) is 20.4. The van der Waals surface area contributed by atoms with E-state index in [9.17, 15) is 14.4 Å². The van der Waals surface area contributed by atoms with Crippen molar-refractivity contribution in [3.8, 4) is 0 Å². The Morgan fingerprint density at radius 3 is 2.64 bits per heavy atom. The number of likely N-dealkylation sites (tertiary alicyclic amines) is 1. The molecule has 1 saturated heterocycles. The van der Waals surface area contributed by atoms with E-state index in [-0.39, 0.29) is 24.4 Å². The Bertz CT molecular complexity index is 763. The zero-order chi connectivity index (χ0) is 20.3. The molecule has 1 aromatic carbocycles. The van der Waals surface area contributed by atoms with E-state index in [0.29, 0.717) is 19.5 Å². The largest absolute Gasteiger partial charge is 0.480 e. The highest BCUT2D eigenvalue weighted by molar-refractivity contribution is 5.88. The fourth-order valence-corrected chi connectivity index (χ4v) is 4.85. The highest BCUT2D eigenvalue weighted by Crippen LogP contribution is 2.39. The third-order valence-electron chi connectivity index (χ3n) is 6.34. The molecular weight excluding hydrogens is 356 g/mol. The molecule has 0 radical (unpaired) electrons. The lowest BCUT2D eigenvalue weighted by Gasteiger charge is -2.38. The Hall–Kier alpha value is -2.37. The van der Waals surface area contributed by atoms with Crippen molar-refractivity contribution < 1.29 is 19.5 Å². The third-order valence-corrected chi connectivity index (χ3v) is 6.34. The SMILES string of the molecule is CC(=O)N(CC(=O)O)C1CCCN(C(=O)C2(C)CCCc3ccccc32)CC1. The lowest BCUT2D eigenvalue weighted by atomic mass is 9.70. The van der Waals surface area contributed by atoms with Crippen LogP contribution in [0.3, 0.4) is 0 Å². The van der Waals surface area contributed by atoms with Crippen LogP contribution in [0.4, 0.5) is 0 Å². The number of carboxylic acid groups (broad SMARTS) is 1.